The van der Waals surface area contributed by atoms with Crippen LogP contribution in [0.15, 0.2) is 24.3 Å². The largest absolute Gasteiger partial charge is 0.492 e. The van der Waals surface area contributed by atoms with Crippen LogP contribution in [0.2, 0.25) is 0 Å². The molecule has 1 aliphatic rings. The lowest BCUT2D eigenvalue weighted by Crippen LogP contribution is -2.02. The van der Waals surface area contributed by atoms with Crippen LogP contribution in [0, 0.1) is 5.92 Å². The van der Waals surface area contributed by atoms with E-state index >= 15 is 0 Å². The summed E-state index contributed by atoms with van der Waals surface area (Å²) in [6, 6.07) is 7.29. The third-order valence-corrected chi connectivity index (χ3v) is 2.59. The van der Waals surface area contributed by atoms with Crippen LogP contribution in [0.5, 0.6) is 5.75 Å². The Morgan fingerprint density at radius 2 is 2.00 bits per heavy atom. The Balaban J connectivity index is 1.99. The first kappa shape index (κ1) is 10.5. The molecule has 0 aliphatic heterocycles. The van der Waals surface area contributed by atoms with Gasteiger partial charge in [-0.2, -0.15) is 0 Å². The third kappa shape index (κ3) is 2.72. The molecule has 0 heterocycles. The Hall–Kier alpha value is -1.02. The minimum atomic E-state index is 0.263. The number of rotatable bonds is 5. The molecule has 1 aromatic carbocycles. The van der Waals surface area contributed by atoms with E-state index < -0.39 is 0 Å². The van der Waals surface area contributed by atoms with Gasteiger partial charge in [0, 0.05) is 11.5 Å². The molecule has 2 rings (SSSR count). The average Bonchev–Trinajstić information content (AvgIpc) is 3.10. The normalized spacial score (nSPS) is 15.0. The van der Waals surface area contributed by atoms with Gasteiger partial charge in [0.2, 0.25) is 0 Å². The molecule has 0 spiro atoms. The monoisotopic (exact) mass is 224 g/mol. The summed E-state index contributed by atoms with van der Waals surface area (Å²) in [6.07, 6.45) is 2.09. The number of halogens is 1. The van der Waals surface area contributed by atoms with Gasteiger partial charge in [0.15, 0.2) is 5.78 Å². The van der Waals surface area contributed by atoms with Crippen molar-refractivity contribution in [2.75, 3.05) is 12.5 Å². The van der Waals surface area contributed by atoms with Crippen molar-refractivity contribution < 1.29 is 9.53 Å². The molecule has 0 bridgehead atoms. The fraction of sp³-hybridized carbons (Fsp3) is 0.417. The predicted molar refractivity (Wildman–Crippen MR) is 59.7 cm³/mol. The van der Waals surface area contributed by atoms with E-state index in [1.54, 1.807) is 0 Å². The molecule has 1 aromatic rings. The average molecular weight is 225 g/mol. The van der Waals surface area contributed by atoms with Crippen molar-refractivity contribution in [3.05, 3.63) is 29.8 Å². The molecule has 3 heteroatoms. The van der Waals surface area contributed by atoms with Crippen LogP contribution in [-0.2, 0) is 0 Å². The highest BCUT2D eigenvalue weighted by atomic mass is 35.5. The van der Waals surface area contributed by atoms with Gasteiger partial charge in [0.05, 0.1) is 5.88 Å². The van der Waals surface area contributed by atoms with Gasteiger partial charge < -0.3 is 4.74 Å². The first-order valence-electron chi connectivity index (χ1n) is 5.14. The molecule has 15 heavy (non-hydrogen) atoms. The predicted octanol–water partition coefficient (Wildman–Crippen LogP) is 2.90. The summed E-state index contributed by atoms with van der Waals surface area (Å²) in [5, 5.41) is 0. The van der Waals surface area contributed by atoms with E-state index in [2.05, 4.69) is 0 Å². The maximum Gasteiger partial charge on any atom is 0.165 e. The highest BCUT2D eigenvalue weighted by Crippen LogP contribution is 2.32. The first-order chi connectivity index (χ1) is 7.31. The second-order valence-electron chi connectivity index (χ2n) is 3.70. The minimum absolute atomic E-state index is 0.263. The molecule has 2 nitrogen and oxygen atoms in total. The van der Waals surface area contributed by atoms with Gasteiger partial charge in [-0.1, -0.05) is 0 Å². The molecule has 0 N–H and O–H groups in total. The Morgan fingerprint density at radius 1 is 1.33 bits per heavy atom. The van der Waals surface area contributed by atoms with Gasteiger partial charge in [-0.15, -0.1) is 11.6 Å². The SMILES string of the molecule is O=C(c1ccc(OCCCl)cc1)C1CC1. The number of ether oxygens (including phenoxy) is 1. The van der Waals surface area contributed by atoms with Crippen LogP contribution in [0.1, 0.15) is 23.2 Å². The van der Waals surface area contributed by atoms with E-state index in [-0.39, 0.29) is 11.7 Å². The zero-order valence-corrected chi connectivity index (χ0v) is 9.17. The number of hydrogen-bond donors (Lipinski definition) is 0. The summed E-state index contributed by atoms with van der Waals surface area (Å²) in [5.41, 5.74) is 0.788. The van der Waals surface area contributed by atoms with Gasteiger partial charge in [0.1, 0.15) is 12.4 Å². The maximum absolute atomic E-state index is 11.7. The topological polar surface area (TPSA) is 26.3 Å². The summed E-state index contributed by atoms with van der Waals surface area (Å²) in [6.45, 7) is 0.497. The third-order valence-electron chi connectivity index (χ3n) is 2.43. The molecule has 0 atom stereocenters. The number of carbonyl (C=O) groups is 1. The van der Waals surface area contributed by atoms with Crippen molar-refractivity contribution in [1.82, 2.24) is 0 Å². The van der Waals surface area contributed by atoms with Gasteiger partial charge in [-0.05, 0) is 37.1 Å². The van der Waals surface area contributed by atoms with E-state index in [1.165, 1.54) is 0 Å². The molecule has 1 saturated carbocycles. The Bertz CT molecular complexity index is 341. The van der Waals surface area contributed by atoms with E-state index in [4.69, 9.17) is 16.3 Å². The van der Waals surface area contributed by atoms with Gasteiger partial charge in [-0.3, -0.25) is 4.79 Å². The smallest absolute Gasteiger partial charge is 0.165 e. The second-order valence-corrected chi connectivity index (χ2v) is 4.08. The molecule has 1 fully saturated rings. The van der Waals surface area contributed by atoms with Gasteiger partial charge in [0.25, 0.3) is 0 Å². The second kappa shape index (κ2) is 4.67. The van der Waals surface area contributed by atoms with Crippen LogP contribution in [-0.4, -0.2) is 18.3 Å². The Morgan fingerprint density at radius 3 is 2.53 bits per heavy atom. The first-order valence-corrected chi connectivity index (χ1v) is 5.68. The lowest BCUT2D eigenvalue weighted by Gasteiger charge is -2.04. The molecular weight excluding hydrogens is 212 g/mol. The van der Waals surface area contributed by atoms with Crippen molar-refractivity contribution in [1.29, 1.82) is 0 Å². The number of benzene rings is 1. The van der Waals surface area contributed by atoms with Crippen LogP contribution in [0.25, 0.3) is 0 Å². The van der Waals surface area contributed by atoms with Crippen LogP contribution >= 0.6 is 11.6 Å². The van der Waals surface area contributed by atoms with E-state index in [0.29, 0.717) is 12.5 Å². The molecule has 0 radical (unpaired) electrons. The number of carbonyl (C=O) groups excluding carboxylic acids is 1. The fourth-order valence-corrected chi connectivity index (χ4v) is 1.53. The van der Waals surface area contributed by atoms with Crippen molar-refractivity contribution in [2.45, 2.75) is 12.8 Å². The molecule has 0 aromatic heterocycles. The van der Waals surface area contributed by atoms with Crippen LogP contribution in [0.4, 0.5) is 0 Å². The molecule has 0 unspecified atom stereocenters. The zero-order chi connectivity index (χ0) is 10.7. The summed E-state index contributed by atoms with van der Waals surface area (Å²) < 4.78 is 5.32. The molecule has 1 aliphatic carbocycles. The summed E-state index contributed by atoms with van der Waals surface area (Å²) >= 11 is 5.50. The summed E-state index contributed by atoms with van der Waals surface area (Å²) in [7, 11) is 0. The van der Waals surface area contributed by atoms with Gasteiger partial charge in [-0.25, -0.2) is 0 Å². The highest BCUT2D eigenvalue weighted by Gasteiger charge is 2.30. The molecular formula is C12H13ClO2. The number of alkyl halides is 1. The highest BCUT2D eigenvalue weighted by molar-refractivity contribution is 6.18. The quantitative estimate of drug-likeness (QED) is 0.568. The van der Waals surface area contributed by atoms with Crippen LogP contribution in [0.3, 0.4) is 0 Å². The zero-order valence-electron chi connectivity index (χ0n) is 8.41. The van der Waals surface area contributed by atoms with Gasteiger partial charge >= 0.3 is 0 Å². The maximum atomic E-state index is 11.7. The van der Waals surface area contributed by atoms with E-state index in [1.807, 2.05) is 24.3 Å². The molecule has 80 valence electrons. The molecule has 0 saturated heterocycles. The van der Waals surface area contributed by atoms with Crippen molar-refractivity contribution >= 4 is 17.4 Å². The summed E-state index contributed by atoms with van der Waals surface area (Å²) in [4.78, 5) is 11.7. The standard InChI is InChI=1S/C12H13ClO2/c13-7-8-15-11-5-3-10(4-6-11)12(14)9-1-2-9/h3-6,9H,1-2,7-8H2. The van der Waals surface area contributed by atoms with E-state index in [0.717, 1.165) is 24.2 Å². The van der Waals surface area contributed by atoms with Crippen molar-refractivity contribution in [3.8, 4) is 5.75 Å². The van der Waals surface area contributed by atoms with Crippen molar-refractivity contribution in [3.63, 3.8) is 0 Å². The minimum Gasteiger partial charge on any atom is -0.492 e. The lowest BCUT2D eigenvalue weighted by atomic mass is 10.1. The number of Topliss-reactive ketones (excluding diaryl/α,β-unsaturated/α-hetero) is 1. The summed E-state index contributed by atoms with van der Waals surface area (Å²) in [5.74, 6) is 1.78. The van der Waals surface area contributed by atoms with Crippen molar-refractivity contribution in [2.24, 2.45) is 5.92 Å². The number of hydrogen-bond acceptors (Lipinski definition) is 2. The fourth-order valence-electron chi connectivity index (χ4n) is 1.45. The Kier molecular flexibility index (Phi) is 3.27. The number of ketones is 1. The molecule has 0 amide bonds. The Labute approximate surface area is 94.2 Å². The van der Waals surface area contributed by atoms with Crippen LogP contribution < -0.4 is 4.74 Å². The lowest BCUT2D eigenvalue weighted by molar-refractivity contribution is 0.0967. The van der Waals surface area contributed by atoms with E-state index in [9.17, 15) is 4.79 Å².